The maximum atomic E-state index is 5.89. The molecule has 0 unspecified atom stereocenters. The molecule has 0 amide bonds. The molecule has 0 radical (unpaired) electrons. The Morgan fingerprint density at radius 2 is 2.20 bits per heavy atom. The van der Waals surface area contributed by atoms with Crippen molar-refractivity contribution in [3.63, 3.8) is 0 Å². The van der Waals surface area contributed by atoms with Gasteiger partial charge in [-0.05, 0) is 13.8 Å². The minimum absolute atomic E-state index is 0.323. The van der Waals surface area contributed by atoms with E-state index in [0.29, 0.717) is 17.8 Å². The van der Waals surface area contributed by atoms with Gasteiger partial charge in [0.05, 0.1) is 5.69 Å². The lowest BCUT2D eigenvalue weighted by atomic mass is 10.1. The molecule has 2 rings (SSSR count). The molecule has 1 aliphatic rings. The van der Waals surface area contributed by atoms with Crippen LogP contribution in [0.25, 0.3) is 0 Å². The number of nitrogens with two attached hydrogens (primary N) is 1. The number of anilines is 2. The molecule has 2 heterocycles. The van der Waals surface area contributed by atoms with Crippen molar-refractivity contribution in [2.75, 3.05) is 17.6 Å². The van der Waals surface area contributed by atoms with E-state index < -0.39 is 0 Å². The Kier molecular flexibility index (Phi) is 2.73. The second kappa shape index (κ2) is 4.02. The summed E-state index contributed by atoms with van der Waals surface area (Å²) in [5, 5.41) is 6.43. The van der Waals surface area contributed by atoms with Crippen LogP contribution in [-0.4, -0.2) is 22.6 Å². The molecule has 0 saturated carbocycles. The molecule has 1 aromatic heterocycles. The standard InChI is InChI=1S/C10H17N5/c1-6(2)13-10-14-8-3-4-12-5-7(8)9(11)15-10/h6,12H,3-5H2,1-2H3,(H3,11,13,14,15). The molecule has 1 aliphatic heterocycles. The summed E-state index contributed by atoms with van der Waals surface area (Å²) in [6.45, 7) is 5.86. The lowest BCUT2D eigenvalue weighted by Gasteiger charge is -2.19. The van der Waals surface area contributed by atoms with Gasteiger partial charge in [-0.25, -0.2) is 4.98 Å². The Hall–Kier alpha value is -1.36. The van der Waals surface area contributed by atoms with Crippen LogP contribution in [-0.2, 0) is 13.0 Å². The van der Waals surface area contributed by atoms with Crippen molar-refractivity contribution in [1.82, 2.24) is 15.3 Å². The van der Waals surface area contributed by atoms with Crippen LogP contribution in [0.3, 0.4) is 0 Å². The van der Waals surface area contributed by atoms with Gasteiger partial charge in [0.2, 0.25) is 5.95 Å². The number of nitrogens with zero attached hydrogens (tertiary/aromatic N) is 2. The molecule has 0 fully saturated rings. The van der Waals surface area contributed by atoms with Gasteiger partial charge in [-0.1, -0.05) is 0 Å². The molecule has 0 saturated heterocycles. The summed E-state index contributed by atoms with van der Waals surface area (Å²) in [6.07, 6.45) is 0.925. The van der Waals surface area contributed by atoms with Crippen LogP contribution in [0.5, 0.6) is 0 Å². The summed E-state index contributed by atoms with van der Waals surface area (Å²) in [5.41, 5.74) is 8.01. The van der Waals surface area contributed by atoms with Crippen molar-refractivity contribution in [2.24, 2.45) is 0 Å². The predicted molar refractivity (Wildman–Crippen MR) is 60.6 cm³/mol. The van der Waals surface area contributed by atoms with Crippen LogP contribution in [0, 0.1) is 0 Å². The lowest BCUT2D eigenvalue weighted by molar-refractivity contribution is 0.628. The normalized spacial score (nSPS) is 15.1. The summed E-state index contributed by atoms with van der Waals surface area (Å²) in [6, 6.07) is 0.323. The van der Waals surface area contributed by atoms with Crippen LogP contribution in [0.1, 0.15) is 25.1 Å². The first-order valence-corrected chi connectivity index (χ1v) is 5.29. The van der Waals surface area contributed by atoms with Gasteiger partial charge in [0, 0.05) is 31.1 Å². The maximum Gasteiger partial charge on any atom is 0.225 e. The second-order valence-electron chi connectivity index (χ2n) is 4.08. The van der Waals surface area contributed by atoms with Gasteiger partial charge in [0.1, 0.15) is 5.82 Å². The molecule has 5 nitrogen and oxygen atoms in total. The highest BCUT2D eigenvalue weighted by Crippen LogP contribution is 2.19. The van der Waals surface area contributed by atoms with Crippen molar-refractivity contribution in [3.8, 4) is 0 Å². The number of hydrogen-bond donors (Lipinski definition) is 3. The topological polar surface area (TPSA) is 75.9 Å². The molecule has 5 heteroatoms. The summed E-state index contributed by atoms with van der Waals surface area (Å²) in [5.74, 6) is 1.23. The van der Waals surface area contributed by atoms with E-state index in [1.165, 1.54) is 0 Å². The molecular formula is C10H17N5. The third-order valence-corrected chi connectivity index (χ3v) is 2.38. The maximum absolute atomic E-state index is 5.89. The first-order chi connectivity index (χ1) is 7.16. The van der Waals surface area contributed by atoms with E-state index in [4.69, 9.17) is 5.73 Å². The van der Waals surface area contributed by atoms with E-state index in [9.17, 15) is 0 Å². The van der Waals surface area contributed by atoms with Crippen molar-refractivity contribution >= 4 is 11.8 Å². The molecule has 82 valence electrons. The molecule has 15 heavy (non-hydrogen) atoms. The van der Waals surface area contributed by atoms with Crippen LogP contribution >= 0.6 is 0 Å². The number of aromatic nitrogens is 2. The van der Waals surface area contributed by atoms with Gasteiger partial charge in [-0.3, -0.25) is 0 Å². The molecule has 0 atom stereocenters. The fraction of sp³-hybridized carbons (Fsp3) is 0.600. The highest BCUT2D eigenvalue weighted by Gasteiger charge is 2.15. The Morgan fingerprint density at radius 3 is 2.93 bits per heavy atom. The van der Waals surface area contributed by atoms with Crippen molar-refractivity contribution in [3.05, 3.63) is 11.3 Å². The van der Waals surface area contributed by atoms with E-state index in [1.54, 1.807) is 0 Å². The molecule has 0 spiro atoms. The van der Waals surface area contributed by atoms with Gasteiger partial charge in [-0.2, -0.15) is 4.98 Å². The summed E-state index contributed by atoms with van der Waals surface area (Å²) in [7, 11) is 0. The van der Waals surface area contributed by atoms with Gasteiger partial charge in [-0.15, -0.1) is 0 Å². The minimum atomic E-state index is 0.323. The second-order valence-corrected chi connectivity index (χ2v) is 4.08. The first kappa shape index (κ1) is 10.2. The third kappa shape index (κ3) is 2.18. The number of nitrogen functional groups attached to an aromatic ring is 1. The zero-order valence-corrected chi connectivity index (χ0v) is 9.17. The van der Waals surface area contributed by atoms with E-state index in [2.05, 4.69) is 34.4 Å². The van der Waals surface area contributed by atoms with E-state index in [1.807, 2.05) is 0 Å². The van der Waals surface area contributed by atoms with Gasteiger partial charge >= 0.3 is 0 Å². The summed E-state index contributed by atoms with van der Waals surface area (Å²) in [4.78, 5) is 8.71. The highest BCUT2D eigenvalue weighted by molar-refractivity contribution is 5.48. The zero-order chi connectivity index (χ0) is 10.8. The van der Waals surface area contributed by atoms with Gasteiger partial charge < -0.3 is 16.4 Å². The largest absolute Gasteiger partial charge is 0.383 e. The number of fused-ring (bicyclic) bond motifs is 1. The van der Waals surface area contributed by atoms with E-state index in [0.717, 1.165) is 30.8 Å². The van der Waals surface area contributed by atoms with Crippen molar-refractivity contribution in [2.45, 2.75) is 32.9 Å². The van der Waals surface area contributed by atoms with Crippen LogP contribution < -0.4 is 16.4 Å². The Labute approximate surface area is 89.5 Å². The van der Waals surface area contributed by atoms with Crippen molar-refractivity contribution in [1.29, 1.82) is 0 Å². The van der Waals surface area contributed by atoms with E-state index in [-0.39, 0.29) is 0 Å². The summed E-state index contributed by atoms with van der Waals surface area (Å²) >= 11 is 0. The van der Waals surface area contributed by atoms with Gasteiger partial charge in [0.25, 0.3) is 0 Å². The highest BCUT2D eigenvalue weighted by atomic mass is 15.1. The lowest BCUT2D eigenvalue weighted by Crippen LogP contribution is -2.27. The van der Waals surface area contributed by atoms with Crippen LogP contribution in [0.4, 0.5) is 11.8 Å². The fourth-order valence-corrected chi connectivity index (χ4v) is 1.69. The molecular weight excluding hydrogens is 190 g/mol. The fourth-order valence-electron chi connectivity index (χ4n) is 1.69. The zero-order valence-electron chi connectivity index (χ0n) is 9.17. The number of hydrogen-bond acceptors (Lipinski definition) is 5. The van der Waals surface area contributed by atoms with Crippen molar-refractivity contribution < 1.29 is 0 Å². The first-order valence-electron chi connectivity index (χ1n) is 5.29. The van der Waals surface area contributed by atoms with Crippen LogP contribution in [0.2, 0.25) is 0 Å². The Bertz CT molecular complexity index is 361. The Morgan fingerprint density at radius 1 is 1.40 bits per heavy atom. The summed E-state index contributed by atoms with van der Waals surface area (Å²) < 4.78 is 0. The molecule has 1 aromatic rings. The minimum Gasteiger partial charge on any atom is -0.383 e. The average molecular weight is 207 g/mol. The quantitative estimate of drug-likeness (QED) is 0.659. The van der Waals surface area contributed by atoms with E-state index >= 15 is 0 Å². The number of rotatable bonds is 2. The molecule has 0 aromatic carbocycles. The molecule has 0 aliphatic carbocycles. The molecule has 4 N–H and O–H groups in total. The third-order valence-electron chi connectivity index (χ3n) is 2.38. The SMILES string of the molecule is CC(C)Nc1nc(N)c2c(n1)CCNC2. The van der Waals surface area contributed by atoms with Gasteiger partial charge in [0.15, 0.2) is 0 Å². The number of nitrogens with one attached hydrogen (secondary N) is 2. The molecule has 0 bridgehead atoms. The van der Waals surface area contributed by atoms with Crippen LogP contribution in [0.15, 0.2) is 0 Å². The monoisotopic (exact) mass is 207 g/mol. The Balaban J connectivity index is 2.32. The predicted octanol–water partition coefficient (Wildman–Crippen LogP) is 0.525. The average Bonchev–Trinajstić information content (AvgIpc) is 2.16. The smallest absolute Gasteiger partial charge is 0.225 e.